The van der Waals surface area contributed by atoms with Crippen molar-refractivity contribution < 1.29 is 9.47 Å². The lowest BCUT2D eigenvalue weighted by atomic mass is 10.1. The molecule has 1 aliphatic rings. The van der Waals surface area contributed by atoms with Crippen molar-refractivity contribution in [3.63, 3.8) is 0 Å². The van der Waals surface area contributed by atoms with E-state index in [1.807, 2.05) is 12.1 Å². The number of methoxy groups -OCH3 is 2. The van der Waals surface area contributed by atoms with E-state index >= 15 is 0 Å². The Morgan fingerprint density at radius 2 is 2.00 bits per heavy atom. The minimum absolute atomic E-state index is 0.0973. The van der Waals surface area contributed by atoms with Crippen molar-refractivity contribution in [2.45, 2.75) is 13.0 Å². The number of hydrogen-bond acceptors (Lipinski definition) is 2. The predicted octanol–water partition coefficient (Wildman–Crippen LogP) is 2.80. The maximum atomic E-state index is 5.43. The molecule has 0 saturated carbocycles. The van der Waals surface area contributed by atoms with E-state index in [4.69, 9.17) is 9.47 Å². The van der Waals surface area contributed by atoms with Gasteiger partial charge in [0.15, 0.2) is 0 Å². The topological polar surface area (TPSA) is 18.5 Å². The Bertz CT molecular complexity index is 380. The van der Waals surface area contributed by atoms with Gasteiger partial charge in [-0.15, -0.1) is 0 Å². The first-order chi connectivity index (χ1) is 6.77. The first-order valence-corrected chi connectivity index (χ1v) is 4.66. The van der Waals surface area contributed by atoms with Crippen LogP contribution in [0.1, 0.15) is 24.2 Å². The molecule has 2 nitrogen and oxygen atoms in total. The monoisotopic (exact) mass is 190 g/mol. The molecule has 1 aromatic carbocycles. The van der Waals surface area contributed by atoms with Crippen molar-refractivity contribution in [2.24, 2.45) is 0 Å². The fourth-order valence-electron chi connectivity index (χ4n) is 1.98. The largest absolute Gasteiger partial charge is 0.496 e. The summed E-state index contributed by atoms with van der Waals surface area (Å²) in [6.45, 7) is 2.08. The zero-order valence-electron chi connectivity index (χ0n) is 8.70. The highest BCUT2D eigenvalue weighted by Gasteiger charge is 2.24. The third-order valence-electron chi connectivity index (χ3n) is 2.62. The zero-order valence-corrected chi connectivity index (χ0v) is 8.70. The molecular formula is C12H14O2. The second-order valence-corrected chi connectivity index (χ2v) is 3.47. The molecule has 0 fully saturated rings. The molecular weight excluding hydrogens is 176 g/mol. The van der Waals surface area contributed by atoms with Crippen LogP contribution in [-0.4, -0.2) is 14.2 Å². The molecule has 74 valence electrons. The van der Waals surface area contributed by atoms with E-state index in [1.54, 1.807) is 14.2 Å². The first kappa shape index (κ1) is 9.28. The fourth-order valence-corrected chi connectivity index (χ4v) is 1.98. The van der Waals surface area contributed by atoms with Gasteiger partial charge in [-0.2, -0.15) is 0 Å². The molecule has 14 heavy (non-hydrogen) atoms. The van der Waals surface area contributed by atoms with E-state index in [0.717, 1.165) is 11.3 Å². The van der Waals surface area contributed by atoms with Crippen LogP contribution in [0.3, 0.4) is 0 Å². The average Bonchev–Trinajstić information content (AvgIpc) is 2.52. The average molecular weight is 190 g/mol. The molecule has 0 amide bonds. The highest BCUT2D eigenvalue weighted by atomic mass is 16.5. The van der Waals surface area contributed by atoms with Crippen LogP contribution in [0, 0.1) is 0 Å². The first-order valence-electron chi connectivity index (χ1n) is 4.66. The Morgan fingerprint density at radius 3 is 2.64 bits per heavy atom. The van der Waals surface area contributed by atoms with Crippen molar-refractivity contribution in [1.82, 2.24) is 0 Å². The summed E-state index contributed by atoms with van der Waals surface area (Å²) in [5.41, 5.74) is 3.58. The minimum Gasteiger partial charge on any atom is -0.496 e. The van der Waals surface area contributed by atoms with Crippen LogP contribution in [0.5, 0.6) is 5.75 Å². The van der Waals surface area contributed by atoms with Crippen LogP contribution < -0.4 is 4.74 Å². The number of fused-ring (bicyclic) bond motifs is 1. The molecule has 1 aromatic rings. The van der Waals surface area contributed by atoms with Gasteiger partial charge in [0, 0.05) is 12.7 Å². The Morgan fingerprint density at radius 1 is 1.21 bits per heavy atom. The Labute approximate surface area is 84.2 Å². The van der Waals surface area contributed by atoms with Gasteiger partial charge in [-0.3, -0.25) is 0 Å². The standard InChI is InChI=1S/C12H14O2/c1-8-7-10-9(12(8)14-3)5-4-6-11(10)13-2/h4-7,12H,1-3H3/t12-/m1/s1. The second kappa shape index (κ2) is 3.46. The number of benzene rings is 1. The van der Waals surface area contributed by atoms with Crippen LogP contribution in [0.4, 0.5) is 0 Å². The van der Waals surface area contributed by atoms with Gasteiger partial charge in [0.1, 0.15) is 11.9 Å². The van der Waals surface area contributed by atoms with Gasteiger partial charge in [-0.25, -0.2) is 0 Å². The lowest BCUT2D eigenvalue weighted by molar-refractivity contribution is 0.136. The minimum atomic E-state index is 0.0973. The Hall–Kier alpha value is -1.28. The molecule has 0 aliphatic heterocycles. The third kappa shape index (κ3) is 1.23. The van der Waals surface area contributed by atoms with Gasteiger partial charge in [0.05, 0.1) is 7.11 Å². The highest BCUT2D eigenvalue weighted by molar-refractivity contribution is 5.70. The van der Waals surface area contributed by atoms with Gasteiger partial charge >= 0.3 is 0 Å². The summed E-state index contributed by atoms with van der Waals surface area (Å²) in [7, 11) is 3.43. The normalized spacial score (nSPS) is 19.1. The van der Waals surface area contributed by atoms with E-state index < -0.39 is 0 Å². The summed E-state index contributed by atoms with van der Waals surface area (Å²) in [5, 5.41) is 0. The molecule has 0 heterocycles. The van der Waals surface area contributed by atoms with Crippen molar-refractivity contribution in [1.29, 1.82) is 0 Å². The number of hydrogen-bond donors (Lipinski definition) is 0. The van der Waals surface area contributed by atoms with E-state index in [9.17, 15) is 0 Å². The van der Waals surface area contributed by atoms with Crippen LogP contribution >= 0.6 is 0 Å². The molecule has 0 radical (unpaired) electrons. The molecule has 1 atom stereocenters. The quantitative estimate of drug-likeness (QED) is 0.714. The number of rotatable bonds is 2. The van der Waals surface area contributed by atoms with E-state index in [0.29, 0.717) is 0 Å². The van der Waals surface area contributed by atoms with Crippen LogP contribution in [0.15, 0.2) is 23.8 Å². The van der Waals surface area contributed by atoms with Gasteiger partial charge < -0.3 is 9.47 Å². The molecule has 1 aliphatic carbocycles. The molecule has 2 rings (SSSR count). The maximum Gasteiger partial charge on any atom is 0.126 e. The Balaban J connectivity index is 2.54. The molecule has 0 saturated heterocycles. The van der Waals surface area contributed by atoms with E-state index in [1.165, 1.54) is 11.1 Å². The summed E-state index contributed by atoms with van der Waals surface area (Å²) in [5.74, 6) is 0.918. The van der Waals surface area contributed by atoms with Crippen LogP contribution in [0.25, 0.3) is 6.08 Å². The summed E-state index contributed by atoms with van der Waals surface area (Å²) in [4.78, 5) is 0. The van der Waals surface area contributed by atoms with Crippen LogP contribution in [0.2, 0.25) is 0 Å². The molecule has 0 N–H and O–H groups in total. The summed E-state index contributed by atoms with van der Waals surface area (Å²) in [6, 6.07) is 6.05. The van der Waals surface area contributed by atoms with Crippen molar-refractivity contribution in [3.05, 3.63) is 34.9 Å². The SMILES string of the molecule is COc1cccc2c1C=C(C)[C@H]2OC. The molecule has 0 unspecified atom stereocenters. The molecule has 0 spiro atoms. The summed E-state index contributed by atoms with van der Waals surface area (Å²) < 4.78 is 10.7. The predicted molar refractivity (Wildman–Crippen MR) is 56.4 cm³/mol. The van der Waals surface area contributed by atoms with Crippen molar-refractivity contribution in [3.8, 4) is 5.75 Å². The van der Waals surface area contributed by atoms with Gasteiger partial charge in [-0.05, 0) is 30.2 Å². The second-order valence-electron chi connectivity index (χ2n) is 3.47. The number of ether oxygens (including phenoxy) is 2. The van der Waals surface area contributed by atoms with Crippen molar-refractivity contribution >= 4 is 6.08 Å². The maximum absolute atomic E-state index is 5.43. The van der Waals surface area contributed by atoms with Crippen molar-refractivity contribution in [2.75, 3.05) is 14.2 Å². The van der Waals surface area contributed by atoms with Gasteiger partial charge in [0.25, 0.3) is 0 Å². The smallest absolute Gasteiger partial charge is 0.126 e. The molecule has 0 aromatic heterocycles. The zero-order chi connectivity index (χ0) is 10.1. The van der Waals surface area contributed by atoms with Gasteiger partial charge in [0.2, 0.25) is 0 Å². The lowest BCUT2D eigenvalue weighted by Gasteiger charge is -2.12. The van der Waals surface area contributed by atoms with Gasteiger partial charge in [-0.1, -0.05) is 12.1 Å². The van der Waals surface area contributed by atoms with E-state index in [-0.39, 0.29) is 6.10 Å². The molecule has 2 heteroatoms. The van der Waals surface area contributed by atoms with Crippen LogP contribution in [-0.2, 0) is 4.74 Å². The highest BCUT2D eigenvalue weighted by Crippen LogP contribution is 2.40. The molecule has 0 bridgehead atoms. The third-order valence-corrected chi connectivity index (χ3v) is 2.62. The fraction of sp³-hybridized carbons (Fsp3) is 0.333. The Kier molecular flexibility index (Phi) is 2.30. The summed E-state index contributed by atoms with van der Waals surface area (Å²) in [6.07, 6.45) is 2.22. The van der Waals surface area contributed by atoms with E-state index in [2.05, 4.69) is 19.1 Å². The lowest BCUT2D eigenvalue weighted by Crippen LogP contribution is -1.99. The summed E-state index contributed by atoms with van der Waals surface area (Å²) >= 11 is 0.